The molecule has 0 bridgehead atoms. The van der Waals surface area contributed by atoms with Gasteiger partial charge in [-0.2, -0.15) is 13.2 Å². The van der Waals surface area contributed by atoms with Gasteiger partial charge in [-0.25, -0.2) is 0 Å². The van der Waals surface area contributed by atoms with E-state index in [0.29, 0.717) is 17.1 Å². The minimum absolute atomic E-state index is 0.239. The number of benzene rings is 3. The molecule has 0 saturated carbocycles. The third-order valence-electron chi connectivity index (χ3n) is 6.97. The van der Waals surface area contributed by atoms with Crippen LogP contribution < -0.4 is 14.4 Å². The highest BCUT2D eigenvalue weighted by Crippen LogP contribution is 2.44. The molecule has 2 aliphatic rings. The number of anilines is 1. The zero-order valence-electron chi connectivity index (χ0n) is 19.5. The van der Waals surface area contributed by atoms with Gasteiger partial charge in [0.1, 0.15) is 11.5 Å². The first kappa shape index (κ1) is 22.6. The van der Waals surface area contributed by atoms with E-state index in [1.165, 1.54) is 11.6 Å². The maximum Gasteiger partial charge on any atom is 0.417 e. The van der Waals surface area contributed by atoms with Crippen LogP contribution in [0.1, 0.15) is 36.0 Å². The van der Waals surface area contributed by atoms with Crippen molar-refractivity contribution in [2.45, 2.75) is 38.3 Å². The van der Waals surface area contributed by atoms with Crippen LogP contribution in [0, 0.1) is 0 Å². The van der Waals surface area contributed by atoms with E-state index in [0.717, 1.165) is 67.6 Å². The van der Waals surface area contributed by atoms with Gasteiger partial charge >= 0.3 is 6.18 Å². The summed E-state index contributed by atoms with van der Waals surface area (Å²) < 4.78 is 53.2. The normalized spacial score (nSPS) is 15.5. The van der Waals surface area contributed by atoms with Crippen LogP contribution in [0.25, 0.3) is 22.3 Å². The van der Waals surface area contributed by atoms with E-state index < -0.39 is 11.7 Å². The molecule has 0 N–H and O–H groups in total. The van der Waals surface area contributed by atoms with Gasteiger partial charge in [0.25, 0.3) is 0 Å². The van der Waals surface area contributed by atoms with Gasteiger partial charge in [0.05, 0.1) is 19.8 Å². The van der Waals surface area contributed by atoms with Crippen molar-refractivity contribution in [3.8, 4) is 33.8 Å². The molecule has 1 aliphatic heterocycles. The summed E-state index contributed by atoms with van der Waals surface area (Å²) in [6, 6.07) is 14.1. The molecule has 0 unspecified atom stereocenters. The minimum Gasteiger partial charge on any atom is -0.497 e. The van der Waals surface area contributed by atoms with Crippen LogP contribution in [0.4, 0.5) is 18.9 Å². The lowest BCUT2D eigenvalue weighted by molar-refractivity contribution is -0.137. The highest BCUT2D eigenvalue weighted by atomic mass is 19.4. The number of rotatable bonds is 5. The second-order valence-corrected chi connectivity index (χ2v) is 9.04. The van der Waals surface area contributed by atoms with Crippen molar-refractivity contribution < 1.29 is 22.6 Å². The Balaban J connectivity index is 1.71. The molecule has 3 aromatic rings. The highest BCUT2D eigenvalue weighted by molar-refractivity contribution is 5.82. The summed E-state index contributed by atoms with van der Waals surface area (Å²) in [4.78, 5) is 2.17. The van der Waals surface area contributed by atoms with Crippen LogP contribution in [-0.2, 0) is 19.0 Å². The van der Waals surface area contributed by atoms with Gasteiger partial charge in [0.15, 0.2) is 0 Å². The SMILES string of the molecule is COc1cc(OC)cc(-c2cc(-c3cc(N4CCCC4)ccc3C(F)(F)F)cc3c2CCC3)c1. The Morgan fingerprint density at radius 1 is 0.735 bits per heavy atom. The van der Waals surface area contributed by atoms with Crippen molar-refractivity contribution in [1.29, 1.82) is 0 Å². The van der Waals surface area contributed by atoms with Crippen LogP contribution in [0.15, 0.2) is 48.5 Å². The lowest BCUT2D eigenvalue weighted by Gasteiger charge is -2.22. The minimum atomic E-state index is -4.43. The summed E-state index contributed by atoms with van der Waals surface area (Å²) in [5, 5.41) is 0. The smallest absolute Gasteiger partial charge is 0.417 e. The second kappa shape index (κ2) is 8.90. The number of nitrogens with zero attached hydrogens (tertiary/aromatic N) is 1. The summed E-state index contributed by atoms with van der Waals surface area (Å²) in [6.45, 7) is 1.76. The Kier molecular flexibility index (Phi) is 5.92. The van der Waals surface area contributed by atoms with E-state index in [-0.39, 0.29) is 5.56 Å². The first-order valence-electron chi connectivity index (χ1n) is 11.7. The molecule has 0 amide bonds. The molecule has 0 aromatic heterocycles. The van der Waals surface area contributed by atoms with Crippen molar-refractivity contribution in [3.63, 3.8) is 0 Å². The molecule has 1 heterocycles. The van der Waals surface area contributed by atoms with Crippen LogP contribution >= 0.6 is 0 Å². The van der Waals surface area contributed by atoms with Gasteiger partial charge in [0, 0.05) is 24.8 Å². The number of halogens is 3. The molecule has 0 spiro atoms. The van der Waals surface area contributed by atoms with Crippen LogP contribution in [0.2, 0.25) is 0 Å². The Bertz CT molecular complexity index is 1190. The topological polar surface area (TPSA) is 21.7 Å². The van der Waals surface area contributed by atoms with E-state index in [4.69, 9.17) is 9.47 Å². The Morgan fingerprint density at radius 3 is 2.06 bits per heavy atom. The van der Waals surface area contributed by atoms with Crippen LogP contribution in [-0.4, -0.2) is 27.3 Å². The van der Waals surface area contributed by atoms with Crippen molar-refractivity contribution in [2.24, 2.45) is 0 Å². The molecule has 3 aromatic carbocycles. The van der Waals surface area contributed by atoms with Gasteiger partial charge in [0.2, 0.25) is 0 Å². The number of ether oxygens (including phenoxy) is 2. The molecular weight excluding hydrogens is 439 g/mol. The fourth-order valence-corrected chi connectivity index (χ4v) is 5.27. The fraction of sp³-hybridized carbons (Fsp3) is 0.357. The largest absolute Gasteiger partial charge is 0.497 e. The number of fused-ring (bicyclic) bond motifs is 1. The first-order chi connectivity index (χ1) is 16.4. The second-order valence-electron chi connectivity index (χ2n) is 9.04. The molecule has 3 nitrogen and oxygen atoms in total. The molecule has 34 heavy (non-hydrogen) atoms. The van der Waals surface area contributed by atoms with Gasteiger partial charge < -0.3 is 14.4 Å². The maximum atomic E-state index is 14.1. The van der Waals surface area contributed by atoms with Crippen molar-refractivity contribution in [2.75, 3.05) is 32.2 Å². The summed E-state index contributed by atoms with van der Waals surface area (Å²) in [7, 11) is 3.19. The molecular formula is C28H28F3NO2. The van der Waals surface area contributed by atoms with Gasteiger partial charge in [-0.3, -0.25) is 0 Å². The standard InChI is InChI=1S/C28H28F3NO2/c1-33-22-13-20(14-23(17-22)34-2)25-15-19(12-18-6-5-7-24(18)25)26-16-21(32-10-3-4-11-32)8-9-27(26)28(29,30)31/h8-9,12-17H,3-7,10-11H2,1-2H3. The number of alkyl halides is 3. The van der Waals surface area contributed by atoms with Crippen molar-refractivity contribution in [3.05, 3.63) is 65.2 Å². The molecule has 178 valence electrons. The number of methoxy groups -OCH3 is 2. The Hall–Kier alpha value is -3.15. The van der Waals surface area contributed by atoms with E-state index in [9.17, 15) is 13.2 Å². The average Bonchev–Trinajstić information content (AvgIpc) is 3.54. The zero-order valence-corrected chi connectivity index (χ0v) is 19.5. The molecule has 0 radical (unpaired) electrons. The summed E-state index contributed by atoms with van der Waals surface area (Å²) in [5.41, 5.74) is 5.25. The maximum absolute atomic E-state index is 14.1. The van der Waals surface area contributed by atoms with E-state index in [1.807, 2.05) is 24.3 Å². The van der Waals surface area contributed by atoms with Crippen molar-refractivity contribution in [1.82, 2.24) is 0 Å². The molecule has 6 heteroatoms. The predicted octanol–water partition coefficient (Wildman–Crippen LogP) is 7.15. The molecule has 0 atom stereocenters. The van der Waals surface area contributed by atoms with E-state index in [2.05, 4.69) is 4.90 Å². The number of hydrogen-bond donors (Lipinski definition) is 0. The monoisotopic (exact) mass is 467 g/mol. The molecule has 1 saturated heterocycles. The third-order valence-corrected chi connectivity index (χ3v) is 6.97. The molecule has 1 fully saturated rings. The van der Waals surface area contributed by atoms with Gasteiger partial charge in [-0.05, 0) is 102 Å². The van der Waals surface area contributed by atoms with E-state index >= 15 is 0 Å². The third kappa shape index (κ3) is 4.22. The van der Waals surface area contributed by atoms with E-state index in [1.54, 1.807) is 32.4 Å². The van der Waals surface area contributed by atoms with Gasteiger partial charge in [-0.15, -0.1) is 0 Å². The lowest BCUT2D eigenvalue weighted by Crippen LogP contribution is -2.18. The average molecular weight is 468 g/mol. The van der Waals surface area contributed by atoms with Crippen LogP contribution in [0.5, 0.6) is 11.5 Å². The number of aryl methyl sites for hydroxylation is 1. The van der Waals surface area contributed by atoms with Crippen molar-refractivity contribution >= 4 is 5.69 Å². The van der Waals surface area contributed by atoms with Crippen LogP contribution in [0.3, 0.4) is 0 Å². The lowest BCUT2D eigenvalue weighted by atomic mass is 9.89. The molecule has 5 rings (SSSR count). The summed E-state index contributed by atoms with van der Waals surface area (Å²) in [5.74, 6) is 1.30. The Morgan fingerprint density at radius 2 is 1.41 bits per heavy atom. The first-order valence-corrected chi connectivity index (χ1v) is 11.7. The quantitative estimate of drug-likeness (QED) is 0.398. The highest BCUT2D eigenvalue weighted by Gasteiger charge is 2.34. The summed E-state index contributed by atoms with van der Waals surface area (Å²) >= 11 is 0. The summed E-state index contributed by atoms with van der Waals surface area (Å²) in [6.07, 6.45) is 0.465. The fourth-order valence-electron chi connectivity index (χ4n) is 5.27. The molecule has 1 aliphatic carbocycles. The van der Waals surface area contributed by atoms with Gasteiger partial charge in [-0.1, -0.05) is 6.07 Å². The Labute approximate surface area is 198 Å². The predicted molar refractivity (Wildman–Crippen MR) is 129 cm³/mol. The number of hydrogen-bond acceptors (Lipinski definition) is 3. The zero-order chi connectivity index (χ0) is 23.9.